The van der Waals surface area contributed by atoms with Gasteiger partial charge in [-0.2, -0.15) is 0 Å². The summed E-state index contributed by atoms with van der Waals surface area (Å²) in [4.78, 5) is 29.0. The fraction of sp³-hybridized carbons (Fsp3) is 0.160. The second kappa shape index (κ2) is 10.2. The number of rotatable bonds is 8. The van der Waals surface area contributed by atoms with E-state index >= 15 is 0 Å². The minimum Gasteiger partial charge on any atom is -0.352 e. The van der Waals surface area contributed by atoms with E-state index in [9.17, 15) is 14.0 Å². The van der Waals surface area contributed by atoms with E-state index in [-0.39, 0.29) is 16.3 Å². The van der Waals surface area contributed by atoms with Crippen molar-refractivity contribution in [1.29, 1.82) is 0 Å². The third kappa shape index (κ3) is 5.18. The maximum absolute atomic E-state index is 14.4. The van der Waals surface area contributed by atoms with Crippen molar-refractivity contribution >= 4 is 17.2 Å². The van der Waals surface area contributed by atoms with Gasteiger partial charge in [0, 0.05) is 29.2 Å². The molecule has 0 spiro atoms. The molecule has 0 fully saturated rings. The number of carbonyl (C=O) groups excluding carboxylic acids is 1. The summed E-state index contributed by atoms with van der Waals surface area (Å²) in [5, 5.41) is 4.51. The highest BCUT2D eigenvalue weighted by atomic mass is 32.1. The van der Waals surface area contributed by atoms with Crippen LogP contribution in [0.1, 0.15) is 28.8 Å². The van der Waals surface area contributed by atoms with Crippen LogP contribution in [0.2, 0.25) is 0 Å². The van der Waals surface area contributed by atoms with Crippen molar-refractivity contribution in [3.63, 3.8) is 0 Å². The summed E-state index contributed by atoms with van der Waals surface area (Å²) in [6, 6.07) is 19.5. The van der Waals surface area contributed by atoms with Crippen LogP contribution in [0.15, 0.2) is 83.1 Å². The Bertz CT molecular complexity index is 1250. The first-order chi connectivity index (χ1) is 15.6. The van der Waals surface area contributed by atoms with Crippen LogP contribution in [0.3, 0.4) is 0 Å². The monoisotopic (exact) mass is 447 g/mol. The number of benzene rings is 2. The average Bonchev–Trinajstić information content (AvgIpc) is 3.21. The number of hydrogen-bond donors (Lipinski definition) is 1. The van der Waals surface area contributed by atoms with Crippen molar-refractivity contribution in [2.75, 3.05) is 6.54 Å². The maximum Gasteiger partial charge on any atom is 0.313 e. The summed E-state index contributed by atoms with van der Waals surface area (Å²) in [6.07, 6.45) is 4.31. The molecule has 162 valence electrons. The third-order valence-corrected chi connectivity index (χ3v) is 5.77. The molecule has 2 heterocycles. The van der Waals surface area contributed by atoms with Crippen LogP contribution in [0, 0.1) is 5.82 Å². The molecule has 0 unspecified atom stereocenters. The Labute approximate surface area is 189 Å². The number of aryl methyl sites for hydroxylation is 1. The molecule has 0 aliphatic carbocycles. The zero-order chi connectivity index (χ0) is 22.3. The van der Waals surface area contributed by atoms with Crippen LogP contribution < -0.4 is 10.2 Å². The molecule has 2 aromatic carbocycles. The molecule has 0 saturated heterocycles. The molecule has 2 aromatic heterocycles. The third-order valence-electron chi connectivity index (χ3n) is 5.05. The first-order valence-corrected chi connectivity index (χ1v) is 11.2. The van der Waals surface area contributed by atoms with Gasteiger partial charge < -0.3 is 5.32 Å². The largest absolute Gasteiger partial charge is 0.352 e. The number of nitrogens with zero attached hydrogens (tertiary/aromatic N) is 2. The van der Waals surface area contributed by atoms with Crippen molar-refractivity contribution in [1.82, 2.24) is 14.9 Å². The summed E-state index contributed by atoms with van der Waals surface area (Å²) < 4.78 is 15.8. The number of hydrogen-bond acceptors (Lipinski definition) is 4. The minimum atomic E-state index is -0.539. The number of unbranched alkanes of at least 4 members (excludes halogenated alkanes) is 1. The summed E-state index contributed by atoms with van der Waals surface area (Å²) >= 11 is 1.00. The quantitative estimate of drug-likeness (QED) is 0.393. The SMILES string of the molecule is O=C(NCCCCc1ccccc1)c1cc(F)cc(-c2csc(=O)n2-c2ccccn2)c1. The van der Waals surface area contributed by atoms with Crippen LogP contribution in [-0.2, 0) is 6.42 Å². The lowest BCUT2D eigenvalue weighted by Crippen LogP contribution is -2.24. The number of pyridine rings is 1. The van der Waals surface area contributed by atoms with Gasteiger partial charge in [0.25, 0.3) is 5.91 Å². The van der Waals surface area contributed by atoms with Crippen LogP contribution in [0.5, 0.6) is 0 Å². The van der Waals surface area contributed by atoms with E-state index < -0.39 is 5.82 Å². The fourth-order valence-electron chi connectivity index (χ4n) is 3.48. The van der Waals surface area contributed by atoms with Crippen molar-refractivity contribution in [2.24, 2.45) is 0 Å². The Kier molecular flexibility index (Phi) is 6.87. The average molecular weight is 448 g/mol. The molecule has 0 bridgehead atoms. The Morgan fingerprint density at radius 1 is 1.03 bits per heavy atom. The van der Waals surface area contributed by atoms with Crippen LogP contribution >= 0.6 is 11.3 Å². The lowest BCUT2D eigenvalue weighted by Gasteiger charge is -2.10. The van der Waals surface area contributed by atoms with Crippen molar-refractivity contribution in [2.45, 2.75) is 19.3 Å². The predicted octanol–water partition coefficient (Wildman–Crippen LogP) is 4.85. The summed E-state index contributed by atoms with van der Waals surface area (Å²) in [6.45, 7) is 0.509. The van der Waals surface area contributed by atoms with Crippen molar-refractivity contribution in [3.8, 4) is 17.1 Å². The molecule has 4 aromatic rings. The van der Waals surface area contributed by atoms with Gasteiger partial charge in [0.15, 0.2) is 0 Å². The highest BCUT2D eigenvalue weighted by molar-refractivity contribution is 7.07. The summed E-state index contributed by atoms with van der Waals surface area (Å²) in [5.41, 5.74) is 2.43. The van der Waals surface area contributed by atoms with E-state index in [1.807, 2.05) is 18.2 Å². The van der Waals surface area contributed by atoms with E-state index in [4.69, 9.17) is 0 Å². The second-order valence-corrected chi connectivity index (χ2v) is 8.16. The minimum absolute atomic E-state index is 0.217. The van der Waals surface area contributed by atoms with Gasteiger partial charge in [-0.25, -0.2) is 9.37 Å². The van der Waals surface area contributed by atoms with E-state index in [0.717, 1.165) is 30.6 Å². The van der Waals surface area contributed by atoms with Crippen LogP contribution in [0.4, 0.5) is 4.39 Å². The number of nitrogens with one attached hydrogen (secondary N) is 1. The van der Waals surface area contributed by atoms with E-state index in [1.165, 1.54) is 22.3 Å². The van der Waals surface area contributed by atoms with Crippen molar-refractivity contribution < 1.29 is 9.18 Å². The second-order valence-electron chi connectivity index (χ2n) is 7.34. The molecule has 0 aliphatic rings. The number of aromatic nitrogens is 2. The number of amides is 1. The summed E-state index contributed by atoms with van der Waals surface area (Å²) in [7, 11) is 0. The molecule has 0 radical (unpaired) electrons. The normalized spacial score (nSPS) is 10.8. The molecule has 7 heteroatoms. The van der Waals surface area contributed by atoms with Crippen LogP contribution in [-0.4, -0.2) is 22.0 Å². The van der Waals surface area contributed by atoms with Gasteiger partial charge in [0.2, 0.25) is 0 Å². The Morgan fingerprint density at radius 3 is 2.62 bits per heavy atom. The highest BCUT2D eigenvalue weighted by Crippen LogP contribution is 2.25. The van der Waals surface area contributed by atoms with Gasteiger partial charge in [-0.05, 0) is 55.2 Å². The van der Waals surface area contributed by atoms with Gasteiger partial charge >= 0.3 is 4.87 Å². The number of thiazole rings is 1. The molecule has 0 atom stereocenters. The van der Waals surface area contributed by atoms with E-state index in [1.54, 1.807) is 35.8 Å². The lowest BCUT2D eigenvalue weighted by molar-refractivity contribution is 0.0952. The zero-order valence-corrected chi connectivity index (χ0v) is 18.1. The molecule has 0 saturated carbocycles. The molecule has 32 heavy (non-hydrogen) atoms. The van der Waals surface area contributed by atoms with Gasteiger partial charge in [-0.1, -0.05) is 47.7 Å². The van der Waals surface area contributed by atoms with Gasteiger partial charge in [-0.15, -0.1) is 0 Å². The Balaban J connectivity index is 1.45. The molecule has 1 N–H and O–H groups in total. The molecular weight excluding hydrogens is 425 g/mol. The smallest absolute Gasteiger partial charge is 0.313 e. The van der Waals surface area contributed by atoms with Gasteiger partial charge in [-0.3, -0.25) is 14.2 Å². The Morgan fingerprint density at radius 2 is 1.84 bits per heavy atom. The first kappa shape index (κ1) is 21.6. The number of carbonyl (C=O) groups is 1. The predicted molar refractivity (Wildman–Crippen MR) is 125 cm³/mol. The van der Waals surface area contributed by atoms with Crippen molar-refractivity contribution in [3.05, 3.63) is 105 Å². The first-order valence-electron chi connectivity index (χ1n) is 10.4. The highest BCUT2D eigenvalue weighted by Gasteiger charge is 2.15. The van der Waals surface area contributed by atoms with Gasteiger partial charge in [0.1, 0.15) is 11.6 Å². The van der Waals surface area contributed by atoms with E-state index in [0.29, 0.717) is 23.6 Å². The molecular formula is C25H22FN3O2S. The van der Waals surface area contributed by atoms with Gasteiger partial charge in [0.05, 0.1) is 5.69 Å². The standard InChI is InChI=1S/C25H22FN3O2S/c26-21-15-19(22-17-32-25(31)29(22)23-11-5-7-12-27-23)14-20(16-21)24(30)28-13-6-4-10-18-8-2-1-3-9-18/h1-3,5,7-9,11-12,14-17H,4,6,10,13H2,(H,28,30). The summed E-state index contributed by atoms with van der Waals surface area (Å²) in [5.74, 6) is -0.433. The Hall–Kier alpha value is -3.58. The number of halogens is 1. The molecule has 1 amide bonds. The lowest BCUT2D eigenvalue weighted by atomic mass is 10.1. The van der Waals surface area contributed by atoms with E-state index in [2.05, 4.69) is 22.4 Å². The topological polar surface area (TPSA) is 64.0 Å². The van der Waals surface area contributed by atoms with Crippen LogP contribution in [0.25, 0.3) is 17.1 Å². The fourth-order valence-corrected chi connectivity index (χ4v) is 4.23. The molecule has 0 aliphatic heterocycles. The maximum atomic E-state index is 14.4. The zero-order valence-electron chi connectivity index (χ0n) is 17.3. The molecule has 4 rings (SSSR count). The molecule has 5 nitrogen and oxygen atoms in total.